The lowest BCUT2D eigenvalue weighted by atomic mass is 10.1. The van der Waals surface area contributed by atoms with Gasteiger partial charge in [0, 0.05) is 24.0 Å². The Balaban J connectivity index is 0.00000306. The van der Waals surface area contributed by atoms with Crippen LogP contribution in [0.5, 0.6) is 11.5 Å². The predicted octanol–water partition coefficient (Wildman–Crippen LogP) is 4.08. The van der Waals surface area contributed by atoms with Crippen LogP contribution in [0.3, 0.4) is 0 Å². The van der Waals surface area contributed by atoms with Gasteiger partial charge in [0.05, 0.1) is 26.5 Å². The molecule has 0 fully saturated rings. The molecular formula is C22H26ClN7O3. The van der Waals surface area contributed by atoms with Gasteiger partial charge in [0.15, 0.2) is 23.1 Å². The lowest BCUT2D eigenvalue weighted by Crippen LogP contribution is -2.04. The van der Waals surface area contributed by atoms with E-state index in [9.17, 15) is 0 Å². The van der Waals surface area contributed by atoms with E-state index in [0.717, 1.165) is 47.1 Å². The topological polar surface area (TPSA) is 123 Å². The predicted molar refractivity (Wildman–Crippen MR) is 127 cm³/mol. The zero-order valence-electron chi connectivity index (χ0n) is 18.6. The van der Waals surface area contributed by atoms with Gasteiger partial charge in [-0.2, -0.15) is 10.1 Å². The van der Waals surface area contributed by atoms with Crippen LogP contribution in [0.15, 0.2) is 47.1 Å². The van der Waals surface area contributed by atoms with Crippen molar-refractivity contribution in [3.8, 4) is 11.5 Å². The third-order valence-electron chi connectivity index (χ3n) is 4.77. The molecular weight excluding hydrogens is 446 g/mol. The fourth-order valence-electron chi connectivity index (χ4n) is 3.18. The number of methoxy groups -OCH3 is 2. The van der Waals surface area contributed by atoms with Crippen molar-refractivity contribution >= 4 is 30.0 Å². The third-order valence-corrected chi connectivity index (χ3v) is 4.77. The number of halogens is 1. The number of rotatable bonds is 10. The smallest absolute Gasteiger partial charge is 0.224 e. The van der Waals surface area contributed by atoms with E-state index in [2.05, 4.69) is 36.0 Å². The Morgan fingerprint density at radius 2 is 1.85 bits per heavy atom. The monoisotopic (exact) mass is 471 g/mol. The maximum absolute atomic E-state index is 5.37. The molecule has 0 saturated carbocycles. The SMILES string of the molecule is COc1ccc(CCc2cc(Nc3ccnc(NCc4cc(C)no4)n3)n[nH]2)cc1OC.Cl. The number of benzene rings is 1. The van der Waals surface area contributed by atoms with E-state index in [1.54, 1.807) is 26.5 Å². The van der Waals surface area contributed by atoms with Crippen molar-refractivity contribution in [2.24, 2.45) is 0 Å². The first-order chi connectivity index (χ1) is 15.6. The molecule has 10 nitrogen and oxygen atoms in total. The minimum absolute atomic E-state index is 0. The highest BCUT2D eigenvalue weighted by Crippen LogP contribution is 2.28. The van der Waals surface area contributed by atoms with E-state index in [-0.39, 0.29) is 12.4 Å². The van der Waals surface area contributed by atoms with Crippen molar-refractivity contribution in [1.82, 2.24) is 25.3 Å². The van der Waals surface area contributed by atoms with Crippen LogP contribution < -0.4 is 20.1 Å². The summed E-state index contributed by atoms with van der Waals surface area (Å²) in [7, 11) is 3.27. The second kappa shape index (κ2) is 11.2. The fourth-order valence-corrected chi connectivity index (χ4v) is 3.18. The molecule has 0 spiro atoms. The second-order valence-electron chi connectivity index (χ2n) is 7.15. The van der Waals surface area contributed by atoms with Crippen molar-refractivity contribution in [2.75, 3.05) is 24.9 Å². The van der Waals surface area contributed by atoms with E-state index in [1.165, 1.54) is 0 Å². The van der Waals surface area contributed by atoms with Gasteiger partial charge < -0.3 is 24.6 Å². The van der Waals surface area contributed by atoms with Crippen LogP contribution in [0.2, 0.25) is 0 Å². The molecule has 0 bridgehead atoms. The fraction of sp³-hybridized carbons (Fsp3) is 0.273. The van der Waals surface area contributed by atoms with E-state index in [0.29, 0.717) is 24.1 Å². The Morgan fingerprint density at radius 3 is 2.61 bits per heavy atom. The molecule has 33 heavy (non-hydrogen) atoms. The average molecular weight is 472 g/mol. The molecule has 3 heterocycles. The average Bonchev–Trinajstić information content (AvgIpc) is 3.44. The number of anilines is 3. The van der Waals surface area contributed by atoms with E-state index in [4.69, 9.17) is 14.0 Å². The Hall–Kier alpha value is -3.79. The van der Waals surface area contributed by atoms with Crippen molar-refractivity contribution in [3.05, 3.63) is 65.3 Å². The summed E-state index contributed by atoms with van der Waals surface area (Å²) in [5, 5.41) is 17.6. The Bertz CT molecular complexity index is 1180. The summed E-state index contributed by atoms with van der Waals surface area (Å²) in [5.74, 6) is 3.96. The number of hydrogen-bond donors (Lipinski definition) is 3. The minimum atomic E-state index is 0. The summed E-state index contributed by atoms with van der Waals surface area (Å²) in [6, 6.07) is 11.5. The molecule has 3 aromatic heterocycles. The van der Waals surface area contributed by atoms with Crippen LogP contribution in [-0.2, 0) is 19.4 Å². The van der Waals surface area contributed by atoms with Crippen LogP contribution >= 0.6 is 12.4 Å². The summed E-state index contributed by atoms with van der Waals surface area (Å²) >= 11 is 0. The van der Waals surface area contributed by atoms with Gasteiger partial charge in [-0.15, -0.1) is 12.4 Å². The lowest BCUT2D eigenvalue weighted by Gasteiger charge is -2.09. The number of nitrogens with one attached hydrogen (secondary N) is 3. The standard InChI is InChI=1S/C22H25N7O3.ClH/c1-14-10-17(32-29-14)13-24-22-23-9-8-20(26-22)25-21-12-16(27-28-21)6-4-15-5-7-18(30-2)19(11-15)31-3;/h5,7-12H,4,6,13H2,1-3H3,(H3,23,24,25,26,27,28);1H. The summed E-state index contributed by atoms with van der Waals surface area (Å²) in [5.41, 5.74) is 2.99. The number of aromatic amines is 1. The molecule has 0 unspecified atom stereocenters. The van der Waals surface area contributed by atoms with Crippen LogP contribution in [0.25, 0.3) is 0 Å². The van der Waals surface area contributed by atoms with Crippen LogP contribution in [0, 0.1) is 6.92 Å². The van der Waals surface area contributed by atoms with E-state index in [1.807, 2.05) is 37.3 Å². The van der Waals surface area contributed by atoms with Crippen LogP contribution in [-0.4, -0.2) is 39.5 Å². The van der Waals surface area contributed by atoms with Crippen molar-refractivity contribution in [2.45, 2.75) is 26.3 Å². The molecule has 3 N–H and O–H groups in total. The maximum Gasteiger partial charge on any atom is 0.224 e. The first-order valence-electron chi connectivity index (χ1n) is 10.1. The molecule has 1 aromatic carbocycles. The molecule has 174 valence electrons. The molecule has 11 heteroatoms. The Labute approximate surface area is 197 Å². The molecule has 0 aliphatic heterocycles. The highest BCUT2D eigenvalue weighted by atomic mass is 35.5. The van der Waals surface area contributed by atoms with Gasteiger partial charge in [-0.3, -0.25) is 5.10 Å². The molecule has 0 aliphatic carbocycles. The van der Waals surface area contributed by atoms with E-state index >= 15 is 0 Å². The van der Waals surface area contributed by atoms with Gasteiger partial charge in [-0.25, -0.2) is 4.98 Å². The van der Waals surface area contributed by atoms with Gasteiger partial charge in [0.2, 0.25) is 5.95 Å². The molecule has 0 aliphatic rings. The number of aryl methyl sites for hydroxylation is 3. The highest BCUT2D eigenvalue weighted by Gasteiger charge is 2.08. The number of aromatic nitrogens is 5. The quantitative estimate of drug-likeness (QED) is 0.314. The van der Waals surface area contributed by atoms with Crippen molar-refractivity contribution < 1.29 is 14.0 Å². The molecule has 4 rings (SSSR count). The van der Waals surface area contributed by atoms with Gasteiger partial charge in [-0.05, 0) is 43.5 Å². The molecule has 4 aromatic rings. The first kappa shape index (κ1) is 23.9. The minimum Gasteiger partial charge on any atom is -0.493 e. The zero-order chi connectivity index (χ0) is 22.3. The van der Waals surface area contributed by atoms with E-state index < -0.39 is 0 Å². The number of ether oxygens (including phenoxy) is 2. The third kappa shape index (κ3) is 6.36. The maximum atomic E-state index is 5.37. The second-order valence-corrected chi connectivity index (χ2v) is 7.15. The van der Waals surface area contributed by atoms with Gasteiger partial charge in [0.1, 0.15) is 5.82 Å². The molecule has 0 amide bonds. The van der Waals surface area contributed by atoms with Gasteiger partial charge in [-0.1, -0.05) is 11.2 Å². The largest absolute Gasteiger partial charge is 0.493 e. The number of H-pyrrole nitrogens is 1. The normalized spacial score (nSPS) is 10.4. The van der Waals surface area contributed by atoms with Gasteiger partial charge >= 0.3 is 0 Å². The number of nitrogens with zero attached hydrogens (tertiary/aromatic N) is 4. The summed E-state index contributed by atoms with van der Waals surface area (Å²) in [4.78, 5) is 8.68. The molecule has 0 saturated heterocycles. The summed E-state index contributed by atoms with van der Waals surface area (Å²) in [6.07, 6.45) is 3.32. The van der Waals surface area contributed by atoms with Crippen molar-refractivity contribution in [1.29, 1.82) is 0 Å². The lowest BCUT2D eigenvalue weighted by molar-refractivity contribution is 0.354. The highest BCUT2D eigenvalue weighted by molar-refractivity contribution is 5.85. The zero-order valence-corrected chi connectivity index (χ0v) is 19.4. The van der Waals surface area contributed by atoms with Gasteiger partial charge in [0.25, 0.3) is 0 Å². The Kier molecular flexibility index (Phi) is 8.09. The molecule has 0 radical (unpaired) electrons. The summed E-state index contributed by atoms with van der Waals surface area (Å²) < 4.78 is 15.8. The molecule has 0 atom stereocenters. The summed E-state index contributed by atoms with van der Waals surface area (Å²) in [6.45, 7) is 2.33. The Morgan fingerprint density at radius 1 is 1.00 bits per heavy atom. The number of hydrogen-bond acceptors (Lipinski definition) is 9. The van der Waals surface area contributed by atoms with Crippen LogP contribution in [0.1, 0.15) is 22.7 Å². The first-order valence-corrected chi connectivity index (χ1v) is 10.1. The van der Waals surface area contributed by atoms with Crippen LogP contribution in [0.4, 0.5) is 17.6 Å². The van der Waals surface area contributed by atoms with Crippen molar-refractivity contribution in [3.63, 3.8) is 0 Å².